The van der Waals surface area contributed by atoms with Crippen molar-refractivity contribution >= 4 is 32.4 Å². The quantitative estimate of drug-likeness (QED) is 0.322. The number of hydrogen-bond acceptors (Lipinski definition) is 7. The van der Waals surface area contributed by atoms with Crippen LogP contribution in [0.3, 0.4) is 0 Å². The minimum Gasteiger partial charge on any atom is -0.340 e. The third kappa shape index (κ3) is 5.14. The average Bonchev–Trinajstić information content (AvgIpc) is 3.53. The second-order valence-corrected chi connectivity index (χ2v) is 11.4. The Kier molecular flexibility index (Phi) is 6.82. The van der Waals surface area contributed by atoms with E-state index in [9.17, 15) is 8.42 Å². The van der Waals surface area contributed by atoms with E-state index >= 15 is 0 Å². The standard InChI is InChI=1S/C29H29N7O2S/c1-22(28-32-27-11-6-5-10-26(27)29(33-28)31-23-8-3-2-4-9-23)34-18-20-35(21-19-34)39(37,38)25-14-12-24(13-15-25)36-17-7-16-30-36/h2-17,22H,18-21H2,1H3,(H,31,32,33)/t22-/m0/s1. The fraction of sp³-hybridized carbons (Fsp3) is 0.207. The molecule has 6 rings (SSSR count). The van der Waals surface area contributed by atoms with E-state index in [0.29, 0.717) is 32.0 Å². The SMILES string of the molecule is C[C@@H](c1nc(Nc2ccccc2)c2ccccc2n1)N1CCN(S(=O)(=O)c2ccc(-n3cccn3)cc2)CC1. The van der Waals surface area contributed by atoms with Gasteiger partial charge in [0, 0.05) is 49.6 Å². The second kappa shape index (κ2) is 10.6. The number of fused-ring (bicyclic) bond motifs is 1. The van der Waals surface area contributed by atoms with Crippen molar-refractivity contribution in [1.82, 2.24) is 29.0 Å². The molecule has 39 heavy (non-hydrogen) atoms. The molecule has 0 spiro atoms. The lowest BCUT2D eigenvalue weighted by atomic mass is 10.2. The largest absolute Gasteiger partial charge is 0.340 e. The van der Waals surface area contributed by atoms with Crippen LogP contribution >= 0.6 is 0 Å². The predicted molar refractivity (Wildman–Crippen MR) is 152 cm³/mol. The molecule has 1 fully saturated rings. The highest BCUT2D eigenvalue weighted by Crippen LogP contribution is 2.28. The van der Waals surface area contributed by atoms with Crippen molar-refractivity contribution in [3.8, 4) is 5.69 Å². The molecule has 0 amide bonds. The number of nitrogens with zero attached hydrogens (tertiary/aromatic N) is 6. The van der Waals surface area contributed by atoms with Gasteiger partial charge in [-0.15, -0.1) is 0 Å². The van der Waals surface area contributed by atoms with Crippen LogP contribution in [-0.4, -0.2) is 63.6 Å². The van der Waals surface area contributed by atoms with E-state index in [1.165, 1.54) is 0 Å². The Labute approximate surface area is 227 Å². The monoisotopic (exact) mass is 539 g/mol. The molecule has 0 aliphatic carbocycles. The van der Waals surface area contributed by atoms with Crippen LogP contribution in [0.15, 0.2) is 102 Å². The van der Waals surface area contributed by atoms with E-state index in [0.717, 1.165) is 28.1 Å². The van der Waals surface area contributed by atoms with Crippen LogP contribution in [-0.2, 0) is 10.0 Å². The van der Waals surface area contributed by atoms with Crippen molar-refractivity contribution in [1.29, 1.82) is 0 Å². The fourth-order valence-corrected chi connectivity index (χ4v) is 6.29. The van der Waals surface area contributed by atoms with Gasteiger partial charge in [-0.25, -0.2) is 23.1 Å². The van der Waals surface area contributed by atoms with Gasteiger partial charge in [0.05, 0.1) is 22.1 Å². The first kappa shape index (κ1) is 25.2. The van der Waals surface area contributed by atoms with E-state index in [1.54, 1.807) is 39.4 Å². The van der Waals surface area contributed by atoms with Crippen molar-refractivity contribution in [2.24, 2.45) is 0 Å². The molecule has 9 nitrogen and oxygen atoms in total. The number of para-hydroxylation sites is 2. The molecule has 5 aromatic rings. The number of benzene rings is 3. The predicted octanol–water partition coefficient (Wildman–Crippen LogP) is 4.63. The van der Waals surface area contributed by atoms with Gasteiger partial charge in [0.1, 0.15) is 11.6 Å². The molecule has 10 heteroatoms. The van der Waals surface area contributed by atoms with Gasteiger partial charge in [-0.3, -0.25) is 4.90 Å². The highest BCUT2D eigenvalue weighted by molar-refractivity contribution is 7.89. The maximum absolute atomic E-state index is 13.3. The fourth-order valence-electron chi connectivity index (χ4n) is 4.87. The number of rotatable bonds is 7. The van der Waals surface area contributed by atoms with Crippen molar-refractivity contribution < 1.29 is 8.42 Å². The van der Waals surface area contributed by atoms with Crippen molar-refractivity contribution in [2.75, 3.05) is 31.5 Å². The number of anilines is 2. The molecule has 1 N–H and O–H groups in total. The summed E-state index contributed by atoms with van der Waals surface area (Å²) in [5.74, 6) is 1.46. The molecule has 1 aliphatic heterocycles. The molecule has 198 valence electrons. The Morgan fingerprint density at radius 3 is 2.26 bits per heavy atom. The summed E-state index contributed by atoms with van der Waals surface area (Å²) >= 11 is 0. The second-order valence-electron chi connectivity index (χ2n) is 9.50. The topological polar surface area (TPSA) is 96.3 Å². The van der Waals surface area contributed by atoms with Gasteiger partial charge in [0.25, 0.3) is 0 Å². The van der Waals surface area contributed by atoms with Gasteiger partial charge in [0.15, 0.2) is 0 Å². The number of aromatic nitrogens is 4. The summed E-state index contributed by atoms with van der Waals surface area (Å²) in [6.07, 6.45) is 3.51. The summed E-state index contributed by atoms with van der Waals surface area (Å²) in [6, 6.07) is 26.5. The van der Waals surface area contributed by atoms with Crippen molar-refractivity contribution in [3.63, 3.8) is 0 Å². The lowest BCUT2D eigenvalue weighted by Crippen LogP contribution is -2.49. The molecular weight excluding hydrogens is 510 g/mol. The van der Waals surface area contributed by atoms with Gasteiger partial charge in [-0.05, 0) is 61.5 Å². The zero-order valence-corrected chi connectivity index (χ0v) is 22.4. The van der Waals surface area contributed by atoms with Crippen LogP contribution in [0, 0.1) is 0 Å². The maximum atomic E-state index is 13.3. The minimum atomic E-state index is -3.60. The van der Waals surface area contributed by atoms with Gasteiger partial charge >= 0.3 is 0 Å². The molecule has 0 radical (unpaired) electrons. The normalized spacial score (nSPS) is 15.8. The summed E-state index contributed by atoms with van der Waals surface area (Å²) < 4.78 is 30.0. The molecular formula is C29H29N7O2S. The van der Waals surface area contributed by atoms with Crippen LogP contribution in [0.1, 0.15) is 18.8 Å². The third-order valence-corrected chi connectivity index (χ3v) is 9.01. The number of nitrogens with one attached hydrogen (secondary N) is 1. The molecule has 2 aromatic heterocycles. The Bertz CT molecular complexity index is 1670. The average molecular weight is 540 g/mol. The van der Waals surface area contributed by atoms with E-state index in [4.69, 9.17) is 9.97 Å². The summed E-state index contributed by atoms with van der Waals surface area (Å²) in [5.41, 5.74) is 2.64. The van der Waals surface area contributed by atoms with Crippen LogP contribution < -0.4 is 5.32 Å². The van der Waals surface area contributed by atoms with E-state index in [2.05, 4.69) is 22.2 Å². The third-order valence-electron chi connectivity index (χ3n) is 7.10. The molecule has 3 aromatic carbocycles. The van der Waals surface area contributed by atoms with Gasteiger partial charge in [-0.2, -0.15) is 9.40 Å². The summed E-state index contributed by atoms with van der Waals surface area (Å²) in [4.78, 5) is 12.3. The van der Waals surface area contributed by atoms with Crippen LogP contribution in [0.2, 0.25) is 0 Å². The van der Waals surface area contributed by atoms with E-state index in [-0.39, 0.29) is 10.9 Å². The molecule has 0 unspecified atom stereocenters. The minimum absolute atomic E-state index is 0.0795. The van der Waals surface area contributed by atoms with E-state index < -0.39 is 10.0 Å². The first-order valence-corrected chi connectivity index (χ1v) is 14.4. The summed E-state index contributed by atoms with van der Waals surface area (Å²) in [7, 11) is -3.60. The molecule has 0 saturated carbocycles. The molecule has 1 atom stereocenters. The van der Waals surface area contributed by atoms with Crippen LogP contribution in [0.25, 0.3) is 16.6 Å². The molecule has 1 aliphatic rings. The van der Waals surface area contributed by atoms with Crippen LogP contribution in [0.4, 0.5) is 11.5 Å². The highest BCUT2D eigenvalue weighted by Gasteiger charge is 2.31. The molecule has 3 heterocycles. The Morgan fingerprint density at radius 1 is 0.821 bits per heavy atom. The lowest BCUT2D eigenvalue weighted by Gasteiger charge is -2.36. The van der Waals surface area contributed by atoms with Gasteiger partial charge in [0.2, 0.25) is 10.0 Å². The Hall–Kier alpha value is -4.12. The van der Waals surface area contributed by atoms with E-state index in [1.807, 2.05) is 66.9 Å². The van der Waals surface area contributed by atoms with Crippen molar-refractivity contribution in [3.05, 3.63) is 103 Å². The zero-order valence-electron chi connectivity index (χ0n) is 21.6. The molecule has 1 saturated heterocycles. The summed E-state index contributed by atoms with van der Waals surface area (Å²) in [5, 5.41) is 8.59. The number of piperazine rings is 1. The van der Waals surface area contributed by atoms with Crippen LogP contribution in [0.5, 0.6) is 0 Å². The van der Waals surface area contributed by atoms with Gasteiger partial charge < -0.3 is 5.32 Å². The number of hydrogen-bond donors (Lipinski definition) is 1. The number of sulfonamides is 1. The lowest BCUT2D eigenvalue weighted by molar-refractivity contribution is 0.141. The van der Waals surface area contributed by atoms with Crippen molar-refractivity contribution in [2.45, 2.75) is 17.9 Å². The smallest absolute Gasteiger partial charge is 0.243 e. The summed E-state index contributed by atoms with van der Waals surface area (Å²) in [6.45, 7) is 4.05. The maximum Gasteiger partial charge on any atom is 0.243 e. The first-order valence-electron chi connectivity index (χ1n) is 12.9. The van der Waals surface area contributed by atoms with Gasteiger partial charge in [-0.1, -0.05) is 30.3 Å². The Morgan fingerprint density at radius 2 is 1.54 bits per heavy atom. The first-order chi connectivity index (χ1) is 19.0. The zero-order chi connectivity index (χ0) is 26.8. The molecule has 0 bridgehead atoms. The Balaban J connectivity index is 1.18. The highest BCUT2D eigenvalue weighted by atomic mass is 32.2.